The lowest BCUT2D eigenvalue weighted by atomic mass is 10.1. The number of urea groups is 1. The molecule has 2 rings (SSSR count). The van der Waals surface area contributed by atoms with Crippen molar-refractivity contribution in [2.45, 2.75) is 12.8 Å². The minimum Gasteiger partial charge on any atom is -0.481 e. The largest absolute Gasteiger partial charge is 0.573 e. The number of benzene rings is 1. The number of nitrogens with zero attached hydrogens (tertiary/aromatic N) is 1. The predicted molar refractivity (Wildman–Crippen MR) is 69.5 cm³/mol. The summed E-state index contributed by atoms with van der Waals surface area (Å²) in [6.07, 6.45) is -4.40. The number of anilines is 1. The topological polar surface area (TPSA) is 78.9 Å². The van der Waals surface area contributed by atoms with Crippen LogP contribution in [-0.2, 0) is 4.79 Å². The summed E-state index contributed by atoms with van der Waals surface area (Å²) < 4.78 is 39.7. The zero-order valence-corrected chi connectivity index (χ0v) is 11.3. The lowest BCUT2D eigenvalue weighted by Gasteiger charge is -2.17. The molecule has 2 amide bonds. The van der Waals surface area contributed by atoms with E-state index in [0.717, 1.165) is 12.1 Å². The number of alkyl halides is 3. The molecule has 1 saturated heterocycles. The van der Waals surface area contributed by atoms with Crippen molar-refractivity contribution in [2.75, 3.05) is 18.4 Å². The average molecular weight is 318 g/mol. The highest BCUT2D eigenvalue weighted by Gasteiger charge is 2.32. The van der Waals surface area contributed by atoms with Crippen LogP contribution in [0.1, 0.15) is 6.42 Å². The molecule has 1 unspecified atom stereocenters. The third kappa shape index (κ3) is 4.27. The lowest BCUT2D eigenvalue weighted by Crippen LogP contribution is -2.33. The van der Waals surface area contributed by atoms with Gasteiger partial charge in [0.15, 0.2) is 0 Å². The Bertz CT molecular complexity index is 559. The maximum absolute atomic E-state index is 12.0. The Kier molecular flexibility index (Phi) is 4.43. The van der Waals surface area contributed by atoms with Gasteiger partial charge in [0, 0.05) is 18.8 Å². The average Bonchev–Trinajstić information content (AvgIpc) is 2.89. The fourth-order valence-corrected chi connectivity index (χ4v) is 2.09. The Balaban J connectivity index is 1.91. The number of ether oxygens (including phenoxy) is 1. The van der Waals surface area contributed by atoms with Crippen molar-refractivity contribution in [3.63, 3.8) is 0 Å². The van der Waals surface area contributed by atoms with Crippen LogP contribution in [-0.4, -0.2) is 41.5 Å². The van der Waals surface area contributed by atoms with Crippen molar-refractivity contribution in [1.82, 2.24) is 4.90 Å². The number of hydrogen-bond donors (Lipinski definition) is 2. The zero-order valence-electron chi connectivity index (χ0n) is 11.3. The Morgan fingerprint density at radius 3 is 2.41 bits per heavy atom. The van der Waals surface area contributed by atoms with Gasteiger partial charge in [-0.25, -0.2) is 4.79 Å². The maximum Gasteiger partial charge on any atom is 0.573 e. The molecule has 2 N–H and O–H groups in total. The second-order valence-electron chi connectivity index (χ2n) is 4.77. The van der Waals surface area contributed by atoms with Crippen LogP contribution in [0.5, 0.6) is 5.75 Å². The first-order valence-corrected chi connectivity index (χ1v) is 6.39. The Morgan fingerprint density at radius 1 is 1.27 bits per heavy atom. The predicted octanol–water partition coefficient (Wildman–Crippen LogP) is 2.52. The summed E-state index contributed by atoms with van der Waals surface area (Å²) in [5.74, 6) is -1.94. The molecule has 6 nitrogen and oxygen atoms in total. The normalized spacial score (nSPS) is 18.1. The van der Waals surface area contributed by atoms with E-state index in [-0.39, 0.29) is 6.54 Å². The molecule has 0 aromatic heterocycles. The SMILES string of the molecule is O=C(O)C1CCN(C(=O)Nc2ccc(OC(F)(F)F)cc2)C1. The van der Waals surface area contributed by atoms with Crippen molar-refractivity contribution in [3.05, 3.63) is 24.3 Å². The van der Waals surface area contributed by atoms with E-state index >= 15 is 0 Å². The smallest absolute Gasteiger partial charge is 0.481 e. The molecule has 1 aromatic rings. The van der Waals surface area contributed by atoms with Crippen molar-refractivity contribution < 1.29 is 32.6 Å². The molecule has 120 valence electrons. The van der Waals surface area contributed by atoms with Crippen LogP contribution in [0.3, 0.4) is 0 Å². The number of carbonyl (C=O) groups is 2. The number of amides is 2. The van der Waals surface area contributed by atoms with Crippen molar-refractivity contribution in [3.8, 4) is 5.75 Å². The second kappa shape index (κ2) is 6.12. The summed E-state index contributed by atoms with van der Waals surface area (Å²) in [6.45, 7) is 0.425. The van der Waals surface area contributed by atoms with Crippen LogP contribution >= 0.6 is 0 Å². The monoisotopic (exact) mass is 318 g/mol. The first kappa shape index (κ1) is 15.9. The highest BCUT2D eigenvalue weighted by Crippen LogP contribution is 2.24. The van der Waals surface area contributed by atoms with Crippen LogP contribution in [0, 0.1) is 5.92 Å². The second-order valence-corrected chi connectivity index (χ2v) is 4.77. The minimum atomic E-state index is -4.77. The van der Waals surface area contributed by atoms with E-state index in [1.165, 1.54) is 17.0 Å². The van der Waals surface area contributed by atoms with E-state index in [1.807, 2.05) is 0 Å². The molecule has 1 aliphatic heterocycles. The summed E-state index contributed by atoms with van der Waals surface area (Å²) in [5.41, 5.74) is 0.290. The number of hydrogen-bond acceptors (Lipinski definition) is 3. The zero-order chi connectivity index (χ0) is 16.3. The van der Waals surface area contributed by atoms with Crippen molar-refractivity contribution >= 4 is 17.7 Å². The van der Waals surface area contributed by atoms with E-state index in [9.17, 15) is 22.8 Å². The molecule has 0 radical (unpaired) electrons. The number of nitrogens with one attached hydrogen (secondary N) is 1. The van der Waals surface area contributed by atoms with Crippen LogP contribution in [0.25, 0.3) is 0 Å². The molecule has 0 saturated carbocycles. The number of likely N-dealkylation sites (tertiary alicyclic amines) is 1. The van der Waals surface area contributed by atoms with Crippen LogP contribution in [0.2, 0.25) is 0 Å². The first-order valence-electron chi connectivity index (χ1n) is 6.39. The molecular formula is C13H13F3N2O4. The van der Waals surface area contributed by atoms with Gasteiger partial charge in [-0.3, -0.25) is 4.79 Å². The number of carboxylic acid groups (broad SMARTS) is 1. The number of halogens is 3. The maximum atomic E-state index is 12.0. The molecule has 1 atom stereocenters. The van der Waals surface area contributed by atoms with Crippen LogP contribution in [0.4, 0.5) is 23.7 Å². The van der Waals surface area contributed by atoms with Gasteiger partial charge in [-0.1, -0.05) is 0 Å². The Morgan fingerprint density at radius 2 is 1.91 bits per heavy atom. The molecule has 0 spiro atoms. The molecule has 9 heteroatoms. The fourth-order valence-electron chi connectivity index (χ4n) is 2.09. The minimum absolute atomic E-state index is 0.108. The van der Waals surface area contributed by atoms with Gasteiger partial charge in [-0.15, -0.1) is 13.2 Å². The van der Waals surface area contributed by atoms with E-state index in [4.69, 9.17) is 5.11 Å². The van der Waals surface area contributed by atoms with Gasteiger partial charge in [0.25, 0.3) is 0 Å². The number of aliphatic carboxylic acids is 1. The van der Waals surface area contributed by atoms with Crippen molar-refractivity contribution in [2.24, 2.45) is 5.92 Å². The summed E-state index contributed by atoms with van der Waals surface area (Å²) in [6, 6.07) is 4.20. The molecule has 1 heterocycles. The quantitative estimate of drug-likeness (QED) is 0.897. The molecule has 1 aromatic carbocycles. The number of rotatable bonds is 3. The third-order valence-corrected chi connectivity index (χ3v) is 3.16. The third-order valence-electron chi connectivity index (χ3n) is 3.16. The Labute approximate surface area is 123 Å². The van der Waals surface area contributed by atoms with Gasteiger partial charge in [0.05, 0.1) is 5.92 Å². The molecule has 1 aliphatic rings. The van der Waals surface area contributed by atoms with Gasteiger partial charge < -0.3 is 20.1 Å². The van der Waals surface area contributed by atoms with Crippen molar-refractivity contribution in [1.29, 1.82) is 0 Å². The molecule has 0 bridgehead atoms. The standard InChI is InChI=1S/C13H13F3N2O4/c14-13(15,16)22-10-3-1-9(2-4-10)17-12(21)18-6-5-8(7-18)11(19)20/h1-4,8H,5-7H2,(H,17,21)(H,19,20). The summed E-state index contributed by atoms with van der Waals surface area (Å²) in [5, 5.41) is 11.4. The van der Waals surface area contributed by atoms with E-state index in [0.29, 0.717) is 18.7 Å². The van der Waals surface area contributed by atoms with E-state index in [1.54, 1.807) is 0 Å². The highest BCUT2D eigenvalue weighted by molar-refractivity contribution is 5.90. The first-order chi connectivity index (χ1) is 10.2. The fraction of sp³-hybridized carbons (Fsp3) is 0.385. The van der Waals surface area contributed by atoms with Gasteiger partial charge >= 0.3 is 18.4 Å². The summed E-state index contributed by atoms with van der Waals surface area (Å²) >= 11 is 0. The van der Waals surface area contributed by atoms with Gasteiger partial charge in [-0.05, 0) is 30.7 Å². The number of carbonyl (C=O) groups excluding carboxylic acids is 1. The molecule has 1 fully saturated rings. The van der Waals surface area contributed by atoms with Gasteiger partial charge in [-0.2, -0.15) is 0 Å². The van der Waals surface area contributed by atoms with Gasteiger partial charge in [0.1, 0.15) is 5.75 Å². The summed E-state index contributed by atoms with van der Waals surface area (Å²) in [7, 11) is 0. The number of carboxylic acids is 1. The van der Waals surface area contributed by atoms with Crippen LogP contribution < -0.4 is 10.1 Å². The van der Waals surface area contributed by atoms with E-state index in [2.05, 4.69) is 10.1 Å². The molecule has 22 heavy (non-hydrogen) atoms. The highest BCUT2D eigenvalue weighted by atomic mass is 19.4. The van der Waals surface area contributed by atoms with E-state index < -0.39 is 30.0 Å². The molecular weight excluding hydrogens is 305 g/mol. The summed E-state index contributed by atoms with van der Waals surface area (Å²) in [4.78, 5) is 24.1. The van der Waals surface area contributed by atoms with Crippen LogP contribution in [0.15, 0.2) is 24.3 Å². The lowest BCUT2D eigenvalue weighted by molar-refractivity contribution is -0.274. The van der Waals surface area contributed by atoms with Gasteiger partial charge in [0.2, 0.25) is 0 Å². The molecule has 0 aliphatic carbocycles. The Hall–Kier alpha value is -2.45.